The number of carbonyl (C=O) groups excluding carboxylic acids is 1. The van der Waals surface area contributed by atoms with E-state index >= 15 is 0 Å². The van der Waals surface area contributed by atoms with Crippen molar-refractivity contribution < 1.29 is 24.9 Å². The van der Waals surface area contributed by atoms with E-state index in [-0.39, 0.29) is 36.4 Å². The molecule has 6 heteroatoms. The molecular formula is C19H37NO5. The first-order valence-electron chi connectivity index (χ1n) is 9.39. The predicted molar refractivity (Wildman–Crippen MR) is 97.0 cm³/mol. The highest BCUT2D eigenvalue weighted by atomic mass is 16.5. The molecule has 1 heterocycles. The Morgan fingerprint density at radius 1 is 1.08 bits per heavy atom. The van der Waals surface area contributed by atoms with Gasteiger partial charge in [0.05, 0.1) is 12.0 Å². The summed E-state index contributed by atoms with van der Waals surface area (Å²) in [6.45, 7) is 9.71. The van der Waals surface area contributed by atoms with E-state index < -0.39 is 17.8 Å². The molecule has 0 aliphatic carbocycles. The van der Waals surface area contributed by atoms with Crippen LogP contribution in [0.2, 0.25) is 0 Å². The summed E-state index contributed by atoms with van der Waals surface area (Å²) in [5.74, 6) is -0.222. The van der Waals surface area contributed by atoms with E-state index in [1.807, 2.05) is 25.8 Å². The average Bonchev–Trinajstić information content (AvgIpc) is 2.49. The Balaban J connectivity index is 2.95. The van der Waals surface area contributed by atoms with Gasteiger partial charge >= 0.3 is 5.97 Å². The topological polar surface area (TPSA) is 90.2 Å². The van der Waals surface area contributed by atoms with Gasteiger partial charge in [-0.1, -0.05) is 20.8 Å². The second-order valence-electron chi connectivity index (χ2n) is 8.56. The van der Waals surface area contributed by atoms with Crippen molar-refractivity contribution in [2.75, 3.05) is 20.2 Å². The van der Waals surface area contributed by atoms with Crippen LogP contribution < -0.4 is 0 Å². The van der Waals surface area contributed by atoms with Crippen molar-refractivity contribution >= 4 is 5.97 Å². The lowest BCUT2D eigenvalue weighted by molar-refractivity contribution is -0.166. The fraction of sp³-hybridized carbons (Fsp3) is 0.947. The third-order valence-corrected chi connectivity index (χ3v) is 5.40. The summed E-state index contributed by atoms with van der Waals surface area (Å²) in [5.41, 5.74) is -1.52. The van der Waals surface area contributed by atoms with Crippen LogP contribution in [0.15, 0.2) is 0 Å². The monoisotopic (exact) mass is 359 g/mol. The summed E-state index contributed by atoms with van der Waals surface area (Å²) in [7, 11) is 1.89. The second kappa shape index (κ2) is 9.31. The molecule has 148 valence electrons. The SMILES string of the molecule is C[C@@H]1C[C@H](O)C[C@@H](C)CN(C)[C@H](C)[C@@H](O)[C@](C)(O)COC(=O)[C@H](C)C1. The highest BCUT2D eigenvalue weighted by Gasteiger charge is 2.38. The fourth-order valence-electron chi connectivity index (χ4n) is 3.76. The highest BCUT2D eigenvalue weighted by molar-refractivity contribution is 5.72. The molecule has 25 heavy (non-hydrogen) atoms. The summed E-state index contributed by atoms with van der Waals surface area (Å²) in [6.07, 6.45) is 0.497. The Bertz CT molecular complexity index is 428. The first kappa shape index (κ1) is 22.4. The number of esters is 1. The average molecular weight is 360 g/mol. The lowest BCUT2D eigenvalue weighted by Crippen LogP contribution is -2.54. The van der Waals surface area contributed by atoms with Gasteiger partial charge in [0, 0.05) is 12.6 Å². The molecule has 0 aromatic heterocycles. The molecule has 0 aromatic rings. The van der Waals surface area contributed by atoms with E-state index in [2.05, 4.69) is 6.92 Å². The van der Waals surface area contributed by atoms with Crippen molar-refractivity contribution in [3.63, 3.8) is 0 Å². The van der Waals surface area contributed by atoms with Gasteiger partial charge in [-0.2, -0.15) is 0 Å². The number of carbonyl (C=O) groups is 1. The maximum atomic E-state index is 12.2. The molecule has 0 radical (unpaired) electrons. The summed E-state index contributed by atoms with van der Waals surface area (Å²) in [5, 5.41) is 31.4. The first-order chi connectivity index (χ1) is 11.4. The zero-order valence-electron chi connectivity index (χ0n) is 16.6. The fourth-order valence-corrected chi connectivity index (χ4v) is 3.76. The largest absolute Gasteiger partial charge is 0.462 e. The number of rotatable bonds is 0. The standard InChI is InChI=1S/C19H37NO5/c1-12-7-14(3)18(23)25-11-19(5,24)17(22)15(4)20(6)10-13(2)9-16(21)8-12/h12-17,21-22,24H,7-11H2,1-6H3/t12-,13+,14+,15+,16-,17+,19+/m0/s1. The number of cyclic esters (lactones) is 1. The van der Waals surface area contributed by atoms with Crippen LogP contribution in [0.25, 0.3) is 0 Å². The van der Waals surface area contributed by atoms with Gasteiger partial charge in [0.1, 0.15) is 18.3 Å². The molecular weight excluding hydrogens is 322 g/mol. The molecule has 1 saturated heterocycles. The predicted octanol–water partition coefficient (Wildman–Crippen LogP) is 1.41. The molecule has 0 saturated carbocycles. The van der Waals surface area contributed by atoms with Crippen LogP contribution >= 0.6 is 0 Å². The quantitative estimate of drug-likeness (QED) is 0.567. The van der Waals surface area contributed by atoms with Gasteiger partial charge in [-0.05, 0) is 52.0 Å². The van der Waals surface area contributed by atoms with Gasteiger partial charge < -0.3 is 25.0 Å². The number of hydrogen-bond donors (Lipinski definition) is 3. The summed E-state index contributed by atoms with van der Waals surface area (Å²) >= 11 is 0. The number of nitrogens with zero attached hydrogens (tertiary/aromatic N) is 1. The van der Waals surface area contributed by atoms with E-state index in [9.17, 15) is 20.1 Å². The minimum absolute atomic E-state index is 0.206. The van der Waals surface area contributed by atoms with Crippen LogP contribution in [0.3, 0.4) is 0 Å². The summed E-state index contributed by atoms with van der Waals surface area (Å²) in [4.78, 5) is 14.2. The molecule has 0 aromatic carbocycles. The Morgan fingerprint density at radius 3 is 2.24 bits per heavy atom. The highest BCUT2D eigenvalue weighted by Crippen LogP contribution is 2.24. The number of hydrogen-bond acceptors (Lipinski definition) is 6. The minimum atomic E-state index is -1.52. The van der Waals surface area contributed by atoms with E-state index in [0.717, 1.165) is 0 Å². The Kier molecular flexibility index (Phi) is 8.32. The molecule has 1 aliphatic rings. The van der Waals surface area contributed by atoms with Crippen molar-refractivity contribution in [2.45, 2.75) is 77.7 Å². The number of aliphatic hydroxyl groups excluding tert-OH is 2. The lowest BCUT2D eigenvalue weighted by atomic mass is 9.89. The number of ether oxygens (including phenoxy) is 1. The molecule has 1 fully saturated rings. The lowest BCUT2D eigenvalue weighted by Gasteiger charge is -2.38. The molecule has 6 nitrogen and oxygen atoms in total. The van der Waals surface area contributed by atoms with Crippen LogP contribution in [0, 0.1) is 17.8 Å². The van der Waals surface area contributed by atoms with Crippen LogP contribution in [-0.2, 0) is 9.53 Å². The summed E-state index contributed by atoms with van der Waals surface area (Å²) in [6, 6.07) is -0.310. The van der Waals surface area contributed by atoms with E-state index in [1.165, 1.54) is 6.92 Å². The Labute approximate surface area is 152 Å². The van der Waals surface area contributed by atoms with Gasteiger partial charge in [0.15, 0.2) is 0 Å². The van der Waals surface area contributed by atoms with Crippen molar-refractivity contribution in [2.24, 2.45) is 17.8 Å². The zero-order chi connectivity index (χ0) is 19.4. The van der Waals surface area contributed by atoms with E-state index in [0.29, 0.717) is 25.8 Å². The van der Waals surface area contributed by atoms with Crippen molar-refractivity contribution in [1.82, 2.24) is 4.90 Å². The van der Waals surface area contributed by atoms with Crippen molar-refractivity contribution in [1.29, 1.82) is 0 Å². The summed E-state index contributed by atoms with van der Waals surface area (Å²) < 4.78 is 5.27. The molecule has 0 spiro atoms. The smallest absolute Gasteiger partial charge is 0.308 e. The molecule has 1 aliphatic heterocycles. The van der Waals surface area contributed by atoms with Crippen molar-refractivity contribution in [3.8, 4) is 0 Å². The molecule has 1 rings (SSSR count). The number of aliphatic hydroxyl groups is 3. The molecule has 0 unspecified atom stereocenters. The van der Waals surface area contributed by atoms with Crippen molar-refractivity contribution in [3.05, 3.63) is 0 Å². The van der Waals surface area contributed by atoms with Gasteiger partial charge in [0.2, 0.25) is 0 Å². The maximum Gasteiger partial charge on any atom is 0.308 e. The molecule has 0 amide bonds. The van der Waals surface area contributed by atoms with Crippen LogP contribution in [0.1, 0.15) is 53.9 Å². The maximum absolute atomic E-state index is 12.2. The Hall–Kier alpha value is -0.690. The normalized spacial score (nSPS) is 43.8. The van der Waals surface area contributed by atoms with Gasteiger partial charge in [-0.15, -0.1) is 0 Å². The van der Waals surface area contributed by atoms with Gasteiger partial charge in [-0.25, -0.2) is 0 Å². The Morgan fingerprint density at radius 2 is 1.64 bits per heavy atom. The first-order valence-corrected chi connectivity index (χ1v) is 9.39. The van der Waals surface area contributed by atoms with E-state index in [1.54, 1.807) is 6.92 Å². The third-order valence-electron chi connectivity index (χ3n) is 5.40. The molecule has 7 atom stereocenters. The minimum Gasteiger partial charge on any atom is -0.462 e. The second-order valence-corrected chi connectivity index (χ2v) is 8.56. The van der Waals surface area contributed by atoms with Crippen LogP contribution in [-0.4, -0.2) is 70.2 Å². The van der Waals surface area contributed by atoms with Crippen LogP contribution in [0.4, 0.5) is 0 Å². The van der Waals surface area contributed by atoms with Crippen LogP contribution in [0.5, 0.6) is 0 Å². The van der Waals surface area contributed by atoms with Gasteiger partial charge in [-0.3, -0.25) is 4.79 Å². The zero-order valence-corrected chi connectivity index (χ0v) is 16.6. The van der Waals surface area contributed by atoms with E-state index in [4.69, 9.17) is 4.74 Å². The molecule has 0 bridgehead atoms. The third kappa shape index (κ3) is 6.85. The van der Waals surface area contributed by atoms with Gasteiger partial charge in [0.25, 0.3) is 0 Å². The molecule has 3 N–H and O–H groups in total. The number of likely N-dealkylation sites (N-methyl/N-ethyl adjacent to an activating group) is 1.